The summed E-state index contributed by atoms with van der Waals surface area (Å²) in [6, 6.07) is 7.62. The van der Waals surface area contributed by atoms with Crippen molar-refractivity contribution in [2.75, 3.05) is 24.5 Å². The molecule has 0 unspecified atom stereocenters. The van der Waals surface area contributed by atoms with Crippen molar-refractivity contribution in [3.63, 3.8) is 0 Å². The lowest BCUT2D eigenvalue weighted by Gasteiger charge is -2.34. The van der Waals surface area contributed by atoms with Crippen molar-refractivity contribution in [2.24, 2.45) is 5.92 Å². The summed E-state index contributed by atoms with van der Waals surface area (Å²) in [4.78, 5) is 2.06. The van der Waals surface area contributed by atoms with Crippen molar-refractivity contribution in [1.82, 2.24) is 10.5 Å². The molecule has 1 aliphatic rings. The molecule has 0 radical (unpaired) electrons. The third-order valence-electron chi connectivity index (χ3n) is 5.35. The summed E-state index contributed by atoms with van der Waals surface area (Å²) in [5, 5.41) is 7.45. The van der Waals surface area contributed by atoms with Crippen LogP contribution in [-0.2, 0) is 12.7 Å². The molecule has 28 heavy (non-hydrogen) atoms. The smallest absolute Gasteiger partial charge is 0.372 e. The van der Waals surface area contributed by atoms with Crippen LogP contribution in [0.1, 0.15) is 56.0 Å². The molecule has 0 amide bonds. The first-order chi connectivity index (χ1) is 13.3. The van der Waals surface area contributed by atoms with Gasteiger partial charge in [0.05, 0.1) is 17.8 Å². The second-order valence-corrected chi connectivity index (χ2v) is 7.82. The highest BCUT2D eigenvalue weighted by Gasteiger charge is 2.31. The largest absolute Gasteiger partial charge is 0.416 e. The number of piperidine rings is 1. The molecule has 0 bridgehead atoms. The van der Waals surface area contributed by atoms with Crippen LogP contribution >= 0.6 is 0 Å². The first-order valence-corrected chi connectivity index (χ1v) is 9.91. The van der Waals surface area contributed by atoms with Crippen LogP contribution in [0.15, 0.2) is 34.9 Å². The van der Waals surface area contributed by atoms with E-state index in [0.29, 0.717) is 24.1 Å². The minimum atomic E-state index is -4.29. The first-order valence-electron chi connectivity index (χ1n) is 9.91. The molecule has 1 aromatic carbocycles. The van der Waals surface area contributed by atoms with Crippen molar-refractivity contribution in [3.8, 4) is 0 Å². The van der Waals surface area contributed by atoms with Crippen LogP contribution in [0.4, 0.5) is 18.9 Å². The van der Waals surface area contributed by atoms with Crippen molar-refractivity contribution in [1.29, 1.82) is 0 Å². The number of nitrogens with one attached hydrogen (secondary N) is 1. The molecule has 2 aromatic rings. The van der Waals surface area contributed by atoms with E-state index in [0.717, 1.165) is 56.4 Å². The molecule has 3 rings (SSSR count). The van der Waals surface area contributed by atoms with Gasteiger partial charge in [-0.3, -0.25) is 0 Å². The maximum absolute atomic E-state index is 12.9. The molecule has 0 saturated carbocycles. The monoisotopic (exact) mass is 395 g/mol. The van der Waals surface area contributed by atoms with Gasteiger partial charge in [0, 0.05) is 24.8 Å². The van der Waals surface area contributed by atoms with E-state index in [1.54, 1.807) is 6.07 Å². The number of anilines is 1. The highest BCUT2D eigenvalue weighted by Crippen LogP contribution is 2.33. The molecule has 1 N–H and O–H groups in total. The predicted octanol–water partition coefficient (Wildman–Crippen LogP) is 5.21. The van der Waals surface area contributed by atoms with Gasteiger partial charge in [0.1, 0.15) is 0 Å². The molecule has 0 aliphatic carbocycles. The minimum absolute atomic E-state index is 0.361. The van der Waals surface area contributed by atoms with Gasteiger partial charge in [-0.1, -0.05) is 25.1 Å². The number of hydrogen-bond acceptors (Lipinski definition) is 4. The van der Waals surface area contributed by atoms with E-state index in [-0.39, 0.29) is 0 Å². The van der Waals surface area contributed by atoms with E-state index in [2.05, 4.69) is 29.2 Å². The van der Waals surface area contributed by atoms with Crippen LogP contribution in [-0.4, -0.2) is 24.8 Å². The fourth-order valence-corrected chi connectivity index (χ4v) is 3.56. The molecule has 1 aliphatic heterocycles. The van der Waals surface area contributed by atoms with Crippen LogP contribution in [0, 0.1) is 5.92 Å². The fraction of sp³-hybridized carbons (Fsp3) is 0.571. The third-order valence-corrected chi connectivity index (χ3v) is 5.35. The standard InChI is InChI=1S/C21H28F3N3O/c1-15(2)20-13-19(28-26-20)14-25-9-6-16-7-10-27(11-8-16)18-5-3-4-17(12-18)21(22,23)24/h3-5,12-13,15-16,25H,6-11,14H2,1-2H3. The normalized spacial score (nSPS) is 16.1. The van der Waals surface area contributed by atoms with Gasteiger partial charge in [0.25, 0.3) is 0 Å². The molecule has 0 atom stereocenters. The summed E-state index contributed by atoms with van der Waals surface area (Å²) in [6.45, 7) is 7.33. The highest BCUT2D eigenvalue weighted by molar-refractivity contribution is 5.49. The molecule has 1 saturated heterocycles. The van der Waals surface area contributed by atoms with Crippen LogP contribution in [0.25, 0.3) is 0 Å². The molecule has 7 heteroatoms. The lowest BCUT2D eigenvalue weighted by Crippen LogP contribution is -2.34. The number of alkyl halides is 3. The maximum Gasteiger partial charge on any atom is 0.416 e. The zero-order valence-corrected chi connectivity index (χ0v) is 16.4. The number of benzene rings is 1. The Labute approximate surface area is 164 Å². The van der Waals surface area contributed by atoms with E-state index in [1.807, 2.05) is 6.07 Å². The summed E-state index contributed by atoms with van der Waals surface area (Å²) in [5.41, 5.74) is 1.06. The topological polar surface area (TPSA) is 41.3 Å². The molecular formula is C21H28F3N3O. The Bertz CT molecular complexity index is 749. The average molecular weight is 395 g/mol. The first kappa shape index (κ1) is 20.7. The number of hydrogen-bond donors (Lipinski definition) is 1. The summed E-state index contributed by atoms with van der Waals surface area (Å²) < 4.78 is 44.0. The van der Waals surface area contributed by atoms with Gasteiger partial charge in [0.2, 0.25) is 0 Å². The van der Waals surface area contributed by atoms with E-state index >= 15 is 0 Å². The fourth-order valence-electron chi connectivity index (χ4n) is 3.56. The molecule has 0 spiro atoms. The second-order valence-electron chi connectivity index (χ2n) is 7.82. The van der Waals surface area contributed by atoms with E-state index in [4.69, 9.17) is 4.52 Å². The third kappa shape index (κ3) is 5.50. The number of aromatic nitrogens is 1. The Hall–Kier alpha value is -2.02. The lowest BCUT2D eigenvalue weighted by molar-refractivity contribution is -0.137. The highest BCUT2D eigenvalue weighted by atomic mass is 19.4. The molecular weight excluding hydrogens is 367 g/mol. The zero-order chi connectivity index (χ0) is 20.1. The zero-order valence-electron chi connectivity index (χ0n) is 16.4. The number of halogens is 3. The molecule has 1 aromatic heterocycles. The van der Waals surface area contributed by atoms with Gasteiger partial charge in [0.15, 0.2) is 5.76 Å². The quantitative estimate of drug-likeness (QED) is 0.653. The Kier molecular flexibility index (Phi) is 6.65. The van der Waals surface area contributed by atoms with Gasteiger partial charge >= 0.3 is 6.18 Å². The van der Waals surface area contributed by atoms with E-state index in [1.165, 1.54) is 12.1 Å². The molecule has 154 valence electrons. The Balaban J connectivity index is 1.39. The Morgan fingerprint density at radius 1 is 1.21 bits per heavy atom. The van der Waals surface area contributed by atoms with Crippen LogP contribution in [0.2, 0.25) is 0 Å². The van der Waals surface area contributed by atoms with Gasteiger partial charge in [-0.25, -0.2) is 0 Å². The summed E-state index contributed by atoms with van der Waals surface area (Å²) in [7, 11) is 0. The van der Waals surface area contributed by atoms with Crippen LogP contribution < -0.4 is 10.2 Å². The average Bonchev–Trinajstić information content (AvgIpc) is 3.14. The minimum Gasteiger partial charge on any atom is -0.372 e. The second kappa shape index (κ2) is 8.99. The van der Waals surface area contributed by atoms with E-state index in [9.17, 15) is 13.2 Å². The summed E-state index contributed by atoms with van der Waals surface area (Å²) in [6.07, 6.45) is -1.24. The molecule has 4 nitrogen and oxygen atoms in total. The van der Waals surface area contributed by atoms with Crippen LogP contribution in [0.5, 0.6) is 0 Å². The predicted molar refractivity (Wildman–Crippen MR) is 103 cm³/mol. The molecule has 1 fully saturated rings. The maximum atomic E-state index is 12.9. The summed E-state index contributed by atoms with van der Waals surface area (Å²) >= 11 is 0. The SMILES string of the molecule is CC(C)c1cc(CNCCC2CCN(c3cccc(C(F)(F)F)c3)CC2)on1. The number of rotatable bonds is 7. The van der Waals surface area contributed by atoms with Gasteiger partial charge < -0.3 is 14.7 Å². The summed E-state index contributed by atoms with van der Waals surface area (Å²) in [5.74, 6) is 1.80. The van der Waals surface area contributed by atoms with Crippen LogP contribution in [0.3, 0.4) is 0 Å². The van der Waals surface area contributed by atoms with Gasteiger partial charge in [-0.2, -0.15) is 13.2 Å². The Morgan fingerprint density at radius 3 is 2.61 bits per heavy atom. The van der Waals surface area contributed by atoms with Crippen molar-refractivity contribution >= 4 is 5.69 Å². The number of nitrogens with zero attached hydrogens (tertiary/aromatic N) is 2. The van der Waals surface area contributed by atoms with Gasteiger partial charge in [-0.05, 0) is 55.8 Å². The van der Waals surface area contributed by atoms with E-state index < -0.39 is 11.7 Å². The van der Waals surface area contributed by atoms with Crippen molar-refractivity contribution in [3.05, 3.63) is 47.3 Å². The Morgan fingerprint density at radius 2 is 1.96 bits per heavy atom. The van der Waals surface area contributed by atoms with Crippen molar-refractivity contribution < 1.29 is 17.7 Å². The van der Waals surface area contributed by atoms with Crippen molar-refractivity contribution in [2.45, 2.75) is 51.7 Å². The van der Waals surface area contributed by atoms with Gasteiger partial charge in [-0.15, -0.1) is 0 Å². The lowest BCUT2D eigenvalue weighted by atomic mass is 9.93. The molecule has 2 heterocycles.